The van der Waals surface area contributed by atoms with Crippen LogP contribution < -0.4 is 4.74 Å². The first-order valence-electron chi connectivity index (χ1n) is 8.62. The number of aromatic nitrogens is 2. The van der Waals surface area contributed by atoms with Gasteiger partial charge in [-0.25, -0.2) is 0 Å². The minimum absolute atomic E-state index is 0.0114. The van der Waals surface area contributed by atoms with Crippen LogP contribution in [0, 0.1) is 0 Å². The normalized spacial score (nSPS) is 13.4. The lowest BCUT2D eigenvalue weighted by molar-refractivity contribution is -0.134. The number of carbonyl (C=O) groups is 1. The van der Waals surface area contributed by atoms with Crippen molar-refractivity contribution in [1.29, 1.82) is 0 Å². The molecule has 0 bridgehead atoms. The predicted octanol–water partition coefficient (Wildman–Crippen LogP) is 3.31. The van der Waals surface area contributed by atoms with Crippen LogP contribution in [-0.4, -0.2) is 33.7 Å². The van der Waals surface area contributed by atoms with Crippen LogP contribution >= 0.6 is 0 Å². The molecule has 1 aromatic heterocycles. The summed E-state index contributed by atoms with van der Waals surface area (Å²) >= 11 is 0. The van der Waals surface area contributed by atoms with E-state index in [4.69, 9.17) is 9.15 Å². The van der Waals surface area contributed by atoms with Crippen LogP contribution in [0.3, 0.4) is 0 Å². The predicted molar refractivity (Wildman–Crippen MR) is 95.2 cm³/mol. The molecule has 0 N–H and O–H groups in total. The van der Waals surface area contributed by atoms with E-state index in [-0.39, 0.29) is 12.5 Å². The van der Waals surface area contributed by atoms with E-state index < -0.39 is 0 Å². The minimum Gasteiger partial charge on any atom is -0.484 e. The highest BCUT2D eigenvalue weighted by Crippen LogP contribution is 2.28. The first-order chi connectivity index (χ1) is 12.8. The zero-order valence-corrected chi connectivity index (χ0v) is 14.2. The van der Waals surface area contributed by atoms with Crippen molar-refractivity contribution in [2.45, 2.75) is 25.4 Å². The third-order valence-electron chi connectivity index (χ3n) is 4.33. The van der Waals surface area contributed by atoms with E-state index in [1.165, 1.54) is 6.39 Å². The highest BCUT2D eigenvalue weighted by atomic mass is 16.5. The summed E-state index contributed by atoms with van der Waals surface area (Å²) in [6, 6.07) is 17.6. The summed E-state index contributed by atoms with van der Waals surface area (Å²) in [6.07, 6.45) is 3.42. The van der Waals surface area contributed by atoms with Gasteiger partial charge >= 0.3 is 0 Å². The molecule has 132 valence electrons. The van der Waals surface area contributed by atoms with Crippen LogP contribution in [0.25, 0.3) is 11.5 Å². The van der Waals surface area contributed by atoms with Crippen LogP contribution in [0.5, 0.6) is 5.75 Å². The van der Waals surface area contributed by atoms with Gasteiger partial charge < -0.3 is 14.1 Å². The number of amides is 1. The standard InChI is InChI=1S/C20H19N3O3/c24-19(23(17-8-9-17)12-15-4-2-1-3-5-15)13-25-18-10-6-16(7-11-18)20-22-21-14-26-20/h1-7,10-11,14,17H,8-9,12-13H2. The Morgan fingerprint density at radius 2 is 1.88 bits per heavy atom. The Hall–Kier alpha value is -3.15. The maximum absolute atomic E-state index is 12.6. The number of nitrogens with zero attached hydrogens (tertiary/aromatic N) is 3. The van der Waals surface area contributed by atoms with Crippen LogP contribution in [-0.2, 0) is 11.3 Å². The number of hydrogen-bond acceptors (Lipinski definition) is 5. The average Bonchev–Trinajstić information content (AvgIpc) is 3.38. The van der Waals surface area contributed by atoms with Gasteiger partial charge in [0.15, 0.2) is 6.61 Å². The van der Waals surface area contributed by atoms with Crippen molar-refractivity contribution in [1.82, 2.24) is 15.1 Å². The molecule has 0 saturated heterocycles. The fourth-order valence-electron chi connectivity index (χ4n) is 2.81. The van der Waals surface area contributed by atoms with E-state index in [2.05, 4.69) is 10.2 Å². The lowest BCUT2D eigenvalue weighted by Gasteiger charge is -2.22. The second-order valence-electron chi connectivity index (χ2n) is 6.30. The van der Waals surface area contributed by atoms with E-state index in [0.29, 0.717) is 24.2 Å². The van der Waals surface area contributed by atoms with E-state index in [0.717, 1.165) is 24.0 Å². The molecular formula is C20H19N3O3. The first-order valence-corrected chi connectivity index (χ1v) is 8.62. The summed E-state index contributed by atoms with van der Waals surface area (Å²) in [4.78, 5) is 14.5. The van der Waals surface area contributed by atoms with Crippen molar-refractivity contribution >= 4 is 5.91 Å². The van der Waals surface area contributed by atoms with Crippen LogP contribution in [0.1, 0.15) is 18.4 Å². The van der Waals surface area contributed by atoms with Crippen molar-refractivity contribution in [2.24, 2.45) is 0 Å². The molecule has 0 unspecified atom stereocenters. The molecule has 26 heavy (non-hydrogen) atoms. The van der Waals surface area contributed by atoms with E-state index in [1.54, 1.807) is 12.1 Å². The maximum atomic E-state index is 12.6. The summed E-state index contributed by atoms with van der Waals surface area (Å²) in [5.41, 5.74) is 1.95. The van der Waals surface area contributed by atoms with Gasteiger partial charge in [0.05, 0.1) is 0 Å². The van der Waals surface area contributed by atoms with E-state index in [9.17, 15) is 4.79 Å². The van der Waals surface area contributed by atoms with Gasteiger partial charge in [-0.15, -0.1) is 10.2 Å². The van der Waals surface area contributed by atoms with Gasteiger partial charge in [-0.1, -0.05) is 30.3 Å². The van der Waals surface area contributed by atoms with Crippen molar-refractivity contribution in [3.8, 4) is 17.2 Å². The smallest absolute Gasteiger partial charge is 0.261 e. The van der Waals surface area contributed by atoms with E-state index in [1.807, 2.05) is 47.4 Å². The number of carbonyl (C=O) groups excluding carboxylic acids is 1. The monoisotopic (exact) mass is 349 g/mol. The topological polar surface area (TPSA) is 68.5 Å². The molecule has 3 aromatic rings. The quantitative estimate of drug-likeness (QED) is 0.655. The first kappa shape index (κ1) is 16.3. The lowest BCUT2D eigenvalue weighted by atomic mass is 10.2. The van der Waals surface area contributed by atoms with Gasteiger partial charge in [0.25, 0.3) is 5.91 Å². The molecule has 2 aromatic carbocycles. The fourth-order valence-corrected chi connectivity index (χ4v) is 2.81. The average molecular weight is 349 g/mol. The summed E-state index contributed by atoms with van der Waals surface area (Å²) < 4.78 is 10.8. The molecule has 0 aliphatic heterocycles. The molecule has 0 spiro atoms. The zero-order chi connectivity index (χ0) is 17.8. The second-order valence-corrected chi connectivity index (χ2v) is 6.30. The Morgan fingerprint density at radius 1 is 1.12 bits per heavy atom. The lowest BCUT2D eigenvalue weighted by Crippen LogP contribution is -2.36. The molecule has 1 heterocycles. The second kappa shape index (κ2) is 7.39. The fraction of sp³-hybridized carbons (Fsp3) is 0.250. The molecule has 1 aliphatic carbocycles. The molecule has 1 saturated carbocycles. The van der Waals surface area contributed by atoms with Gasteiger partial charge in [-0.3, -0.25) is 4.79 Å². The Balaban J connectivity index is 1.36. The maximum Gasteiger partial charge on any atom is 0.261 e. The molecule has 0 atom stereocenters. The molecule has 1 fully saturated rings. The number of rotatable bonds is 7. The summed E-state index contributed by atoms with van der Waals surface area (Å²) in [6.45, 7) is 0.660. The summed E-state index contributed by atoms with van der Waals surface area (Å²) in [7, 11) is 0. The third-order valence-corrected chi connectivity index (χ3v) is 4.33. The van der Waals surface area contributed by atoms with Crippen LogP contribution in [0.15, 0.2) is 65.4 Å². The van der Waals surface area contributed by atoms with Gasteiger partial charge in [-0.05, 0) is 42.7 Å². The van der Waals surface area contributed by atoms with Gasteiger partial charge in [0.1, 0.15) is 5.75 Å². The van der Waals surface area contributed by atoms with Gasteiger partial charge in [-0.2, -0.15) is 0 Å². The number of ether oxygens (including phenoxy) is 1. The van der Waals surface area contributed by atoms with Crippen molar-refractivity contribution in [2.75, 3.05) is 6.61 Å². The van der Waals surface area contributed by atoms with Crippen LogP contribution in [0.4, 0.5) is 0 Å². The molecule has 6 heteroatoms. The molecule has 1 amide bonds. The number of hydrogen-bond donors (Lipinski definition) is 0. The third kappa shape index (κ3) is 3.91. The van der Waals surface area contributed by atoms with E-state index >= 15 is 0 Å². The SMILES string of the molecule is O=C(COc1ccc(-c2nnco2)cc1)N(Cc1ccccc1)C1CC1. The Morgan fingerprint density at radius 3 is 2.54 bits per heavy atom. The molecular weight excluding hydrogens is 330 g/mol. The Labute approximate surface area is 151 Å². The molecule has 6 nitrogen and oxygen atoms in total. The summed E-state index contributed by atoms with van der Waals surface area (Å²) in [5, 5.41) is 7.52. The summed E-state index contributed by atoms with van der Waals surface area (Å²) in [5.74, 6) is 1.10. The highest BCUT2D eigenvalue weighted by molar-refractivity contribution is 5.78. The molecule has 0 radical (unpaired) electrons. The van der Waals surface area contributed by atoms with Gasteiger partial charge in [0, 0.05) is 18.2 Å². The zero-order valence-electron chi connectivity index (χ0n) is 14.2. The Kier molecular flexibility index (Phi) is 4.64. The highest BCUT2D eigenvalue weighted by Gasteiger charge is 2.32. The minimum atomic E-state index is 0.0114. The van der Waals surface area contributed by atoms with Crippen molar-refractivity contribution in [3.63, 3.8) is 0 Å². The van der Waals surface area contributed by atoms with Crippen LogP contribution in [0.2, 0.25) is 0 Å². The van der Waals surface area contributed by atoms with Crippen molar-refractivity contribution < 1.29 is 13.9 Å². The molecule has 4 rings (SSSR count). The Bertz CT molecular complexity index is 844. The number of benzene rings is 2. The van der Waals surface area contributed by atoms with Crippen molar-refractivity contribution in [3.05, 3.63) is 66.6 Å². The largest absolute Gasteiger partial charge is 0.484 e. The molecule has 1 aliphatic rings. The van der Waals surface area contributed by atoms with Gasteiger partial charge in [0.2, 0.25) is 12.3 Å².